The van der Waals surface area contributed by atoms with E-state index in [2.05, 4.69) is 22.9 Å². The van der Waals surface area contributed by atoms with Crippen LogP contribution in [-0.2, 0) is 10.0 Å². The Balaban J connectivity index is 1.70. The second kappa shape index (κ2) is 8.77. The predicted octanol–water partition coefficient (Wildman–Crippen LogP) is 3.71. The first-order valence-corrected chi connectivity index (χ1v) is 11.9. The number of rotatable bonds is 5. The molecular formula is C19H21BrN2O3S2. The summed E-state index contributed by atoms with van der Waals surface area (Å²) < 4.78 is 27.9. The zero-order chi connectivity index (χ0) is 19.4. The maximum Gasteiger partial charge on any atom is 0.255 e. The largest absolute Gasteiger partial charge is 0.336 e. The molecule has 1 amide bonds. The molecule has 0 unspecified atom stereocenters. The second-order valence-corrected chi connectivity index (χ2v) is 10.2. The minimum atomic E-state index is -3.54. The maximum atomic E-state index is 12.9. The number of thioether (sulfide) groups is 1. The molecule has 1 heterocycles. The fraction of sp³-hybridized carbons (Fsp3) is 0.316. The van der Waals surface area contributed by atoms with Gasteiger partial charge < -0.3 is 4.90 Å². The fourth-order valence-electron chi connectivity index (χ4n) is 2.98. The van der Waals surface area contributed by atoms with Gasteiger partial charge in [0.1, 0.15) is 0 Å². The molecule has 0 atom stereocenters. The Morgan fingerprint density at radius 3 is 2.30 bits per heavy atom. The van der Waals surface area contributed by atoms with Gasteiger partial charge in [-0.25, -0.2) is 8.42 Å². The number of carbonyl (C=O) groups is 1. The molecule has 0 aliphatic carbocycles. The minimum Gasteiger partial charge on any atom is -0.336 e. The molecule has 1 fully saturated rings. The number of hydrogen-bond donors (Lipinski definition) is 0. The van der Waals surface area contributed by atoms with Gasteiger partial charge in [0, 0.05) is 35.5 Å². The number of nitrogens with zero attached hydrogens (tertiary/aromatic N) is 2. The fourth-order valence-corrected chi connectivity index (χ4v) is 5.47. The van der Waals surface area contributed by atoms with Crippen molar-refractivity contribution in [2.75, 3.05) is 31.9 Å². The molecule has 1 saturated heterocycles. The highest BCUT2D eigenvalue weighted by Gasteiger charge is 2.30. The summed E-state index contributed by atoms with van der Waals surface area (Å²) in [6.45, 7) is 3.43. The van der Waals surface area contributed by atoms with Crippen LogP contribution in [0.15, 0.2) is 62.8 Å². The molecule has 0 N–H and O–H groups in total. The van der Waals surface area contributed by atoms with Gasteiger partial charge in [0.2, 0.25) is 10.0 Å². The van der Waals surface area contributed by atoms with E-state index in [1.165, 1.54) is 4.31 Å². The molecule has 0 aromatic heterocycles. The molecule has 1 aliphatic heterocycles. The Hall–Kier alpha value is -1.35. The Morgan fingerprint density at radius 1 is 1.04 bits per heavy atom. The summed E-state index contributed by atoms with van der Waals surface area (Å²) in [5.74, 6) is 0.857. The molecule has 27 heavy (non-hydrogen) atoms. The van der Waals surface area contributed by atoms with Gasteiger partial charge in [-0.1, -0.05) is 35.0 Å². The van der Waals surface area contributed by atoms with Crippen LogP contribution < -0.4 is 0 Å². The summed E-state index contributed by atoms with van der Waals surface area (Å²) in [6.07, 6.45) is 0. The number of sulfonamides is 1. The first kappa shape index (κ1) is 20.4. The standard InChI is InChI=1S/C19H21BrN2O3S2/c1-2-26-18-6-4-3-5-17(18)19(23)21-11-13-22(14-12-21)27(24,25)16-9-7-15(20)8-10-16/h3-10H,2,11-14H2,1H3. The first-order chi connectivity index (χ1) is 12.9. The lowest BCUT2D eigenvalue weighted by atomic mass is 10.2. The van der Waals surface area contributed by atoms with Crippen LogP contribution in [0.2, 0.25) is 0 Å². The van der Waals surface area contributed by atoms with Gasteiger partial charge in [0.25, 0.3) is 5.91 Å². The van der Waals surface area contributed by atoms with E-state index in [1.807, 2.05) is 24.3 Å². The summed E-state index contributed by atoms with van der Waals surface area (Å²) in [5.41, 5.74) is 0.688. The zero-order valence-electron chi connectivity index (χ0n) is 15.0. The molecule has 144 valence electrons. The van der Waals surface area contributed by atoms with Gasteiger partial charge in [0.15, 0.2) is 0 Å². The number of amides is 1. The SMILES string of the molecule is CCSc1ccccc1C(=O)N1CCN(S(=O)(=O)c2ccc(Br)cc2)CC1. The first-order valence-electron chi connectivity index (χ1n) is 8.70. The van der Waals surface area contributed by atoms with Gasteiger partial charge >= 0.3 is 0 Å². The van der Waals surface area contributed by atoms with Crippen molar-refractivity contribution in [3.8, 4) is 0 Å². The summed E-state index contributed by atoms with van der Waals surface area (Å²) in [7, 11) is -3.54. The van der Waals surface area contributed by atoms with E-state index >= 15 is 0 Å². The average molecular weight is 469 g/mol. The summed E-state index contributed by atoms with van der Waals surface area (Å²) >= 11 is 4.96. The van der Waals surface area contributed by atoms with Crippen LogP contribution >= 0.6 is 27.7 Å². The van der Waals surface area contributed by atoms with Gasteiger partial charge in [0.05, 0.1) is 10.5 Å². The van der Waals surface area contributed by atoms with Crippen molar-refractivity contribution in [2.45, 2.75) is 16.7 Å². The molecule has 0 spiro atoms. The Kier molecular flexibility index (Phi) is 6.62. The highest BCUT2D eigenvalue weighted by Crippen LogP contribution is 2.25. The van der Waals surface area contributed by atoms with Crippen LogP contribution in [0.25, 0.3) is 0 Å². The molecule has 2 aromatic rings. The predicted molar refractivity (Wildman–Crippen MR) is 112 cm³/mol. The van der Waals surface area contributed by atoms with Gasteiger partial charge in [-0.15, -0.1) is 11.8 Å². The number of piperazine rings is 1. The summed E-state index contributed by atoms with van der Waals surface area (Å²) in [5, 5.41) is 0. The number of hydrogen-bond acceptors (Lipinski definition) is 4. The molecular weight excluding hydrogens is 448 g/mol. The van der Waals surface area contributed by atoms with E-state index in [0.717, 1.165) is 15.1 Å². The van der Waals surface area contributed by atoms with E-state index < -0.39 is 10.0 Å². The van der Waals surface area contributed by atoms with E-state index in [4.69, 9.17) is 0 Å². The second-order valence-electron chi connectivity index (χ2n) is 6.08. The van der Waals surface area contributed by atoms with Crippen LogP contribution in [0.1, 0.15) is 17.3 Å². The summed E-state index contributed by atoms with van der Waals surface area (Å²) in [6, 6.07) is 14.2. The van der Waals surface area contributed by atoms with Crippen molar-refractivity contribution < 1.29 is 13.2 Å². The normalized spacial score (nSPS) is 15.7. The van der Waals surface area contributed by atoms with Gasteiger partial charge in [-0.3, -0.25) is 4.79 Å². The van der Waals surface area contributed by atoms with Crippen molar-refractivity contribution in [1.82, 2.24) is 9.21 Å². The Bertz CT molecular complexity index is 909. The topological polar surface area (TPSA) is 57.7 Å². The maximum absolute atomic E-state index is 12.9. The zero-order valence-corrected chi connectivity index (χ0v) is 18.2. The lowest BCUT2D eigenvalue weighted by Gasteiger charge is -2.34. The third-order valence-corrected chi connectivity index (χ3v) is 7.79. The third kappa shape index (κ3) is 4.56. The number of benzene rings is 2. The molecule has 0 saturated carbocycles. The van der Waals surface area contributed by atoms with Crippen molar-refractivity contribution in [2.24, 2.45) is 0 Å². The molecule has 2 aromatic carbocycles. The van der Waals surface area contributed by atoms with Crippen molar-refractivity contribution in [3.63, 3.8) is 0 Å². The molecule has 8 heteroatoms. The number of halogens is 1. The van der Waals surface area contributed by atoms with Crippen molar-refractivity contribution in [3.05, 3.63) is 58.6 Å². The van der Waals surface area contributed by atoms with Crippen LogP contribution in [-0.4, -0.2) is 55.5 Å². The highest BCUT2D eigenvalue weighted by atomic mass is 79.9. The van der Waals surface area contributed by atoms with E-state index in [9.17, 15) is 13.2 Å². The van der Waals surface area contributed by atoms with Crippen molar-refractivity contribution in [1.29, 1.82) is 0 Å². The lowest BCUT2D eigenvalue weighted by molar-refractivity contribution is 0.0694. The van der Waals surface area contributed by atoms with E-state index in [0.29, 0.717) is 31.7 Å². The lowest BCUT2D eigenvalue weighted by Crippen LogP contribution is -2.50. The molecule has 1 aliphatic rings. The van der Waals surface area contributed by atoms with Gasteiger partial charge in [-0.05, 0) is 42.2 Å². The van der Waals surface area contributed by atoms with Crippen LogP contribution in [0, 0.1) is 0 Å². The average Bonchev–Trinajstić information content (AvgIpc) is 2.68. The Morgan fingerprint density at radius 2 is 1.67 bits per heavy atom. The molecule has 5 nitrogen and oxygen atoms in total. The molecule has 3 rings (SSSR count). The van der Waals surface area contributed by atoms with E-state index in [1.54, 1.807) is 40.9 Å². The van der Waals surface area contributed by atoms with Crippen molar-refractivity contribution >= 4 is 43.6 Å². The van der Waals surface area contributed by atoms with Crippen LogP contribution in [0.5, 0.6) is 0 Å². The Labute approximate surface area is 172 Å². The number of carbonyl (C=O) groups excluding carboxylic acids is 1. The highest BCUT2D eigenvalue weighted by molar-refractivity contribution is 9.10. The monoisotopic (exact) mass is 468 g/mol. The smallest absolute Gasteiger partial charge is 0.255 e. The molecule has 0 radical (unpaired) electrons. The quantitative estimate of drug-likeness (QED) is 0.627. The van der Waals surface area contributed by atoms with E-state index in [-0.39, 0.29) is 10.8 Å². The third-order valence-electron chi connectivity index (χ3n) is 4.39. The van der Waals surface area contributed by atoms with Crippen LogP contribution in [0.3, 0.4) is 0 Å². The molecule has 0 bridgehead atoms. The summed E-state index contributed by atoms with van der Waals surface area (Å²) in [4.78, 5) is 15.9. The minimum absolute atomic E-state index is 0.0350. The van der Waals surface area contributed by atoms with Gasteiger partial charge in [-0.2, -0.15) is 4.31 Å². The van der Waals surface area contributed by atoms with Crippen LogP contribution in [0.4, 0.5) is 0 Å².